The van der Waals surface area contributed by atoms with Crippen molar-refractivity contribution in [2.45, 2.75) is 38.3 Å². The Labute approximate surface area is 96.9 Å². The molecule has 1 atom stereocenters. The average Bonchev–Trinajstić information content (AvgIpc) is 3.03. The van der Waals surface area contributed by atoms with Crippen molar-refractivity contribution in [3.63, 3.8) is 0 Å². The first-order valence-corrected chi connectivity index (χ1v) is 6.25. The van der Waals surface area contributed by atoms with E-state index < -0.39 is 0 Å². The van der Waals surface area contributed by atoms with E-state index in [1.54, 1.807) is 0 Å². The Kier molecular flexibility index (Phi) is 2.56. The number of nitrogens with zero attached hydrogens (tertiary/aromatic N) is 2. The van der Waals surface area contributed by atoms with E-state index in [9.17, 15) is 0 Å². The molecule has 0 spiro atoms. The minimum absolute atomic E-state index is 0.592. The number of pyridine rings is 1. The van der Waals surface area contributed by atoms with Crippen LogP contribution in [0.2, 0.25) is 0 Å². The van der Waals surface area contributed by atoms with Crippen LogP contribution in [0.4, 0.5) is 5.82 Å². The molecule has 1 aromatic heterocycles. The molecule has 0 radical (unpaired) electrons. The minimum Gasteiger partial charge on any atom is -0.366 e. The zero-order valence-electron chi connectivity index (χ0n) is 9.82. The van der Waals surface area contributed by atoms with Crippen LogP contribution in [-0.2, 0) is 0 Å². The predicted octanol–water partition coefficient (Wildman–Crippen LogP) is 2.04. The van der Waals surface area contributed by atoms with Crippen LogP contribution in [0, 0.1) is 6.92 Å². The van der Waals surface area contributed by atoms with Gasteiger partial charge in [0.15, 0.2) is 0 Å². The number of hydrogen-bond acceptors (Lipinski definition) is 3. The van der Waals surface area contributed by atoms with Crippen LogP contribution in [0.3, 0.4) is 0 Å². The van der Waals surface area contributed by atoms with Gasteiger partial charge in [-0.2, -0.15) is 0 Å². The molecular formula is C13H19N3. The summed E-state index contributed by atoms with van der Waals surface area (Å²) in [6.45, 7) is 4.57. The van der Waals surface area contributed by atoms with Crippen LogP contribution in [-0.4, -0.2) is 35.1 Å². The van der Waals surface area contributed by atoms with Gasteiger partial charge >= 0.3 is 0 Å². The Morgan fingerprint density at radius 2 is 2.25 bits per heavy atom. The van der Waals surface area contributed by atoms with E-state index in [4.69, 9.17) is 0 Å². The highest BCUT2D eigenvalue weighted by Gasteiger charge is 2.34. The summed E-state index contributed by atoms with van der Waals surface area (Å²) < 4.78 is 0. The molecule has 3 heteroatoms. The maximum atomic E-state index is 4.40. The Bertz CT molecular complexity index is 373. The van der Waals surface area contributed by atoms with Crippen LogP contribution in [0.1, 0.15) is 24.8 Å². The first-order chi connectivity index (χ1) is 7.83. The van der Waals surface area contributed by atoms with Gasteiger partial charge in [-0.1, -0.05) is 6.07 Å². The van der Waals surface area contributed by atoms with Crippen molar-refractivity contribution in [2.24, 2.45) is 0 Å². The fraction of sp³-hybridized carbons (Fsp3) is 0.615. The molecular weight excluding hydrogens is 198 g/mol. The molecule has 1 N–H and O–H groups in total. The number of aromatic nitrogens is 1. The summed E-state index contributed by atoms with van der Waals surface area (Å²) in [4.78, 5) is 7.02. The SMILES string of the molecule is Cc1cccnc1NC1CCN(C2CC2)C1. The summed E-state index contributed by atoms with van der Waals surface area (Å²) in [6.07, 6.45) is 5.94. The van der Waals surface area contributed by atoms with Gasteiger partial charge in [0.05, 0.1) is 0 Å². The second-order valence-corrected chi connectivity index (χ2v) is 5.02. The summed E-state index contributed by atoms with van der Waals surface area (Å²) in [5.41, 5.74) is 1.24. The zero-order valence-corrected chi connectivity index (χ0v) is 9.82. The third-order valence-corrected chi connectivity index (χ3v) is 3.63. The molecule has 0 amide bonds. The zero-order chi connectivity index (χ0) is 11.0. The lowest BCUT2D eigenvalue weighted by molar-refractivity contribution is 0.326. The molecule has 1 saturated carbocycles. The van der Waals surface area contributed by atoms with E-state index in [1.165, 1.54) is 37.9 Å². The van der Waals surface area contributed by atoms with Crippen LogP contribution < -0.4 is 5.32 Å². The fourth-order valence-corrected chi connectivity index (χ4v) is 2.51. The lowest BCUT2D eigenvalue weighted by Crippen LogP contribution is -2.28. The Morgan fingerprint density at radius 3 is 3.00 bits per heavy atom. The van der Waals surface area contributed by atoms with Gasteiger partial charge < -0.3 is 5.32 Å². The largest absolute Gasteiger partial charge is 0.366 e. The molecule has 1 aliphatic carbocycles. The van der Waals surface area contributed by atoms with Crippen LogP contribution in [0.15, 0.2) is 18.3 Å². The van der Waals surface area contributed by atoms with Crippen molar-refractivity contribution in [1.29, 1.82) is 0 Å². The molecule has 1 saturated heterocycles. The van der Waals surface area contributed by atoms with E-state index in [0.29, 0.717) is 6.04 Å². The summed E-state index contributed by atoms with van der Waals surface area (Å²) in [5.74, 6) is 1.06. The maximum Gasteiger partial charge on any atom is 0.129 e. The van der Waals surface area contributed by atoms with Crippen molar-refractivity contribution in [1.82, 2.24) is 9.88 Å². The third kappa shape index (κ3) is 2.05. The molecule has 2 fully saturated rings. The van der Waals surface area contributed by atoms with Gasteiger partial charge in [-0.25, -0.2) is 4.98 Å². The summed E-state index contributed by atoms with van der Waals surface area (Å²) in [6, 6.07) is 5.60. The Hall–Kier alpha value is -1.09. The summed E-state index contributed by atoms with van der Waals surface area (Å²) in [7, 11) is 0. The second kappa shape index (κ2) is 4.06. The highest BCUT2D eigenvalue weighted by Crippen LogP contribution is 2.30. The molecule has 86 valence electrons. The van der Waals surface area contributed by atoms with Gasteiger partial charge in [0.1, 0.15) is 5.82 Å². The van der Waals surface area contributed by atoms with Gasteiger partial charge in [-0.15, -0.1) is 0 Å². The van der Waals surface area contributed by atoms with Crippen molar-refractivity contribution >= 4 is 5.82 Å². The first kappa shape index (κ1) is 10.1. The Balaban J connectivity index is 1.61. The standard InChI is InChI=1S/C13H19N3/c1-10-3-2-7-14-13(10)15-11-6-8-16(9-11)12-4-5-12/h2-3,7,11-12H,4-6,8-9H2,1H3,(H,14,15). The molecule has 0 bridgehead atoms. The first-order valence-electron chi connectivity index (χ1n) is 6.25. The monoisotopic (exact) mass is 217 g/mol. The molecule has 3 nitrogen and oxygen atoms in total. The van der Waals surface area contributed by atoms with Gasteiger partial charge in [0, 0.05) is 31.4 Å². The van der Waals surface area contributed by atoms with Gasteiger partial charge in [-0.05, 0) is 37.8 Å². The molecule has 1 unspecified atom stereocenters. The molecule has 1 aliphatic heterocycles. The van der Waals surface area contributed by atoms with E-state index in [1.807, 2.05) is 12.3 Å². The van der Waals surface area contributed by atoms with E-state index in [2.05, 4.69) is 28.2 Å². The fourth-order valence-electron chi connectivity index (χ4n) is 2.51. The van der Waals surface area contributed by atoms with Crippen molar-refractivity contribution < 1.29 is 0 Å². The summed E-state index contributed by atoms with van der Waals surface area (Å²) in [5, 5.41) is 3.57. The van der Waals surface area contributed by atoms with E-state index in [0.717, 1.165) is 11.9 Å². The second-order valence-electron chi connectivity index (χ2n) is 5.02. The average molecular weight is 217 g/mol. The number of likely N-dealkylation sites (tertiary alicyclic amines) is 1. The maximum absolute atomic E-state index is 4.40. The number of anilines is 1. The van der Waals surface area contributed by atoms with Crippen molar-refractivity contribution in [3.05, 3.63) is 23.9 Å². The molecule has 0 aromatic carbocycles. The molecule has 2 aliphatic rings. The van der Waals surface area contributed by atoms with E-state index in [-0.39, 0.29) is 0 Å². The number of nitrogens with one attached hydrogen (secondary N) is 1. The van der Waals surface area contributed by atoms with Crippen LogP contribution in [0.5, 0.6) is 0 Å². The highest BCUT2D eigenvalue weighted by molar-refractivity contribution is 5.43. The predicted molar refractivity (Wildman–Crippen MR) is 65.6 cm³/mol. The summed E-state index contributed by atoms with van der Waals surface area (Å²) >= 11 is 0. The molecule has 16 heavy (non-hydrogen) atoms. The Morgan fingerprint density at radius 1 is 1.38 bits per heavy atom. The lowest BCUT2D eigenvalue weighted by Gasteiger charge is -2.17. The van der Waals surface area contributed by atoms with Gasteiger partial charge in [0.25, 0.3) is 0 Å². The van der Waals surface area contributed by atoms with Crippen LogP contribution >= 0.6 is 0 Å². The quantitative estimate of drug-likeness (QED) is 0.839. The van der Waals surface area contributed by atoms with E-state index >= 15 is 0 Å². The molecule has 3 rings (SSSR count). The molecule has 1 aromatic rings. The normalized spacial score (nSPS) is 25.9. The number of aryl methyl sites for hydroxylation is 1. The molecule has 2 heterocycles. The van der Waals surface area contributed by atoms with Crippen LogP contribution in [0.25, 0.3) is 0 Å². The van der Waals surface area contributed by atoms with Crippen molar-refractivity contribution in [3.8, 4) is 0 Å². The van der Waals surface area contributed by atoms with Gasteiger partial charge in [-0.3, -0.25) is 4.90 Å². The minimum atomic E-state index is 0.592. The number of hydrogen-bond donors (Lipinski definition) is 1. The smallest absolute Gasteiger partial charge is 0.129 e. The van der Waals surface area contributed by atoms with Gasteiger partial charge in [0.2, 0.25) is 0 Å². The highest BCUT2D eigenvalue weighted by atomic mass is 15.2. The third-order valence-electron chi connectivity index (χ3n) is 3.63. The van der Waals surface area contributed by atoms with Crippen molar-refractivity contribution in [2.75, 3.05) is 18.4 Å². The number of rotatable bonds is 3. The lowest BCUT2D eigenvalue weighted by atomic mass is 10.2. The topological polar surface area (TPSA) is 28.2 Å².